The zero-order valence-electron chi connectivity index (χ0n) is 18.9. The van der Waals surface area contributed by atoms with Crippen molar-refractivity contribution in [3.05, 3.63) is 109 Å². The molecule has 2 aromatic heterocycles. The number of sulfonamides is 1. The number of carbonyl (C=O) groups excluding carboxylic acids is 1. The van der Waals surface area contributed by atoms with Gasteiger partial charge in [0.25, 0.3) is 5.91 Å². The molecule has 10 heteroatoms. The number of hydrogen-bond acceptors (Lipinski definition) is 6. The number of aromatic nitrogens is 3. The second kappa shape index (κ2) is 9.98. The quantitative estimate of drug-likeness (QED) is 0.289. The van der Waals surface area contributed by atoms with E-state index in [4.69, 9.17) is 4.42 Å². The SMILES string of the molecule is O=C(Nc1ccccc1-c1nc(-c2ccccc2)n[nH]1)c1ccc(S(=O)(=O)NCc2ccco2)cc1. The van der Waals surface area contributed by atoms with Gasteiger partial charge < -0.3 is 9.73 Å². The fraction of sp³-hybridized carbons (Fsp3) is 0.0385. The summed E-state index contributed by atoms with van der Waals surface area (Å²) in [6, 6.07) is 25.8. The first-order valence-corrected chi connectivity index (χ1v) is 12.5. The number of furan rings is 1. The molecule has 9 nitrogen and oxygen atoms in total. The third-order valence-electron chi connectivity index (χ3n) is 5.39. The Bertz CT molecular complexity index is 1580. The van der Waals surface area contributed by atoms with Gasteiger partial charge in [-0.2, -0.15) is 5.10 Å². The molecule has 0 saturated carbocycles. The molecule has 2 heterocycles. The van der Waals surface area contributed by atoms with Crippen LogP contribution in [0.25, 0.3) is 22.8 Å². The lowest BCUT2D eigenvalue weighted by Gasteiger charge is -2.10. The second-order valence-corrected chi connectivity index (χ2v) is 9.57. The van der Waals surface area contributed by atoms with Crippen LogP contribution in [0.15, 0.2) is 107 Å². The number of H-pyrrole nitrogens is 1. The predicted octanol–water partition coefficient (Wildman–Crippen LogP) is 4.46. The van der Waals surface area contributed by atoms with Gasteiger partial charge in [0.15, 0.2) is 11.6 Å². The van der Waals surface area contributed by atoms with E-state index in [0.29, 0.717) is 34.2 Å². The Morgan fingerprint density at radius 2 is 1.64 bits per heavy atom. The first kappa shape index (κ1) is 23.2. The van der Waals surface area contributed by atoms with Crippen molar-refractivity contribution in [2.24, 2.45) is 0 Å². The van der Waals surface area contributed by atoms with E-state index in [0.717, 1.165) is 5.56 Å². The van der Waals surface area contributed by atoms with Gasteiger partial charge in [0.2, 0.25) is 10.0 Å². The number of hydrogen-bond donors (Lipinski definition) is 3. The summed E-state index contributed by atoms with van der Waals surface area (Å²) in [7, 11) is -3.76. The van der Waals surface area contributed by atoms with Crippen molar-refractivity contribution in [3.63, 3.8) is 0 Å². The van der Waals surface area contributed by atoms with E-state index >= 15 is 0 Å². The summed E-state index contributed by atoms with van der Waals surface area (Å²) in [5.41, 5.74) is 2.38. The molecule has 180 valence electrons. The van der Waals surface area contributed by atoms with E-state index in [1.807, 2.05) is 42.5 Å². The van der Waals surface area contributed by atoms with Gasteiger partial charge in [0.05, 0.1) is 23.4 Å². The summed E-state index contributed by atoms with van der Waals surface area (Å²) in [5, 5.41) is 10.1. The molecule has 36 heavy (non-hydrogen) atoms. The van der Waals surface area contributed by atoms with Gasteiger partial charge in [-0.15, -0.1) is 0 Å². The zero-order valence-corrected chi connectivity index (χ0v) is 19.7. The molecule has 0 aliphatic carbocycles. The fourth-order valence-electron chi connectivity index (χ4n) is 3.54. The van der Waals surface area contributed by atoms with Gasteiger partial charge >= 0.3 is 0 Å². The van der Waals surface area contributed by atoms with Gasteiger partial charge in [-0.1, -0.05) is 42.5 Å². The average Bonchev–Trinajstić information content (AvgIpc) is 3.61. The van der Waals surface area contributed by atoms with Crippen LogP contribution in [-0.2, 0) is 16.6 Å². The number of benzene rings is 3. The predicted molar refractivity (Wildman–Crippen MR) is 134 cm³/mol. The molecule has 0 spiro atoms. The van der Waals surface area contributed by atoms with Crippen LogP contribution in [0, 0.1) is 0 Å². The van der Waals surface area contributed by atoms with E-state index < -0.39 is 15.9 Å². The molecule has 3 aromatic carbocycles. The standard InChI is InChI=1S/C26H21N5O4S/c32-26(19-12-14-21(15-13-19)36(33,34)27-17-20-9-6-16-35-20)28-23-11-5-4-10-22(23)25-29-24(30-31-25)18-7-2-1-3-8-18/h1-16,27H,17H2,(H,28,32)(H,29,30,31). The number of amides is 1. The smallest absolute Gasteiger partial charge is 0.255 e. The van der Waals surface area contributed by atoms with E-state index in [2.05, 4.69) is 25.2 Å². The molecule has 0 saturated heterocycles. The Balaban J connectivity index is 1.31. The van der Waals surface area contributed by atoms with Crippen molar-refractivity contribution in [1.82, 2.24) is 19.9 Å². The van der Waals surface area contributed by atoms with Crippen LogP contribution in [0.5, 0.6) is 0 Å². The number of para-hydroxylation sites is 1. The molecule has 0 aliphatic heterocycles. The van der Waals surface area contributed by atoms with Crippen molar-refractivity contribution >= 4 is 21.6 Å². The summed E-state index contributed by atoms with van der Waals surface area (Å²) in [4.78, 5) is 17.5. The molecule has 0 atom stereocenters. The van der Waals surface area contributed by atoms with E-state index in [-0.39, 0.29) is 11.4 Å². The molecule has 0 radical (unpaired) electrons. The van der Waals surface area contributed by atoms with Crippen molar-refractivity contribution in [2.75, 3.05) is 5.32 Å². The van der Waals surface area contributed by atoms with Crippen molar-refractivity contribution < 1.29 is 17.6 Å². The van der Waals surface area contributed by atoms with E-state index in [1.165, 1.54) is 30.5 Å². The summed E-state index contributed by atoms with van der Waals surface area (Å²) in [6.07, 6.45) is 1.47. The Hall–Kier alpha value is -4.54. The van der Waals surface area contributed by atoms with Gasteiger partial charge in [-0.05, 0) is 48.5 Å². The van der Waals surface area contributed by atoms with Crippen molar-refractivity contribution in [2.45, 2.75) is 11.4 Å². The maximum atomic E-state index is 12.9. The highest BCUT2D eigenvalue weighted by atomic mass is 32.2. The number of nitrogens with one attached hydrogen (secondary N) is 3. The molecule has 5 aromatic rings. The van der Waals surface area contributed by atoms with Crippen LogP contribution >= 0.6 is 0 Å². The molecule has 0 fully saturated rings. The normalized spacial score (nSPS) is 11.3. The molecular formula is C26H21N5O4S. The summed E-state index contributed by atoms with van der Waals surface area (Å²) < 4.78 is 32.7. The van der Waals surface area contributed by atoms with Gasteiger partial charge in [-0.25, -0.2) is 18.1 Å². The lowest BCUT2D eigenvalue weighted by Crippen LogP contribution is -2.23. The van der Waals surface area contributed by atoms with Crippen LogP contribution in [0.2, 0.25) is 0 Å². The largest absolute Gasteiger partial charge is 0.468 e. The van der Waals surface area contributed by atoms with Gasteiger partial charge in [-0.3, -0.25) is 9.89 Å². The van der Waals surface area contributed by atoms with Crippen LogP contribution in [-0.4, -0.2) is 29.5 Å². The maximum Gasteiger partial charge on any atom is 0.255 e. The lowest BCUT2D eigenvalue weighted by atomic mass is 10.1. The number of rotatable bonds is 8. The first-order chi connectivity index (χ1) is 17.5. The van der Waals surface area contributed by atoms with Crippen LogP contribution in [0.4, 0.5) is 5.69 Å². The molecule has 3 N–H and O–H groups in total. The van der Waals surface area contributed by atoms with Crippen LogP contribution in [0.3, 0.4) is 0 Å². The second-order valence-electron chi connectivity index (χ2n) is 7.80. The number of carbonyl (C=O) groups is 1. The monoisotopic (exact) mass is 499 g/mol. The minimum Gasteiger partial charge on any atom is -0.468 e. The number of nitrogens with zero attached hydrogens (tertiary/aromatic N) is 2. The van der Waals surface area contributed by atoms with Gasteiger partial charge in [0, 0.05) is 16.7 Å². The molecule has 1 amide bonds. The Morgan fingerprint density at radius 1 is 0.889 bits per heavy atom. The lowest BCUT2D eigenvalue weighted by molar-refractivity contribution is 0.102. The van der Waals surface area contributed by atoms with Crippen LogP contribution in [0.1, 0.15) is 16.1 Å². The minimum atomic E-state index is -3.76. The van der Waals surface area contributed by atoms with Gasteiger partial charge in [0.1, 0.15) is 5.76 Å². The third kappa shape index (κ3) is 5.09. The van der Waals surface area contributed by atoms with E-state index in [9.17, 15) is 13.2 Å². The third-order valence-corrected chi connectivity index (χ3v) is 6.81. The summed E-state index contributed by atoms with van der Waals surface area (Å²) >= 11 is 0. The minimum absolute atomic E-state index is 0.0297. The first-order valence-electron chi connectivity index (χ1n) is 11.0. The highest BCUT2D eigenvalue weighted by molar-refractivity contribution is 7.89. The van der Waals surface area contributed by atoms with E-state index in [1.54, 1.807) is 24.3 Å². The number of aromatic amines is 1. The maximum absolute atomic E-state index is 12.9. The molecule has 5 rings (SSSR count). The fourth-order valence-corrected chi connectivity index (χ4v) is 4.53. The van der Waals surface area contributed by atoms with Crippen LogP contribution < -0.4 is 10.0 Å². The summed E-state index contributed by atoms with van der Waals surface area (Å²) in [5.74, 6) is 1.16. The molecule has 0 aliphatic rings. The van der Waals surface area contributed by atoms with Crippen molar-refractivity contribution in [1.29, 1.82) is 0 Å². The molecule has 0 bridgehead atoms. The number of anilines is 1. The average molecular weight is 500 g/mol. The molecular weight excluding hydrogens is 478 g/mol. The Morgan fingerprint density at radius 3 is 2.39 bits per heavy atom. The summed E-state index contributed by atoms with van der Waals surface area (Å²) in [6.45, 7) is 0.0297. The molecule has 0 unspecified atom stereocenters. The highest BCUT2D eigenvalue weighted by Crippen LogP contribution is 2.27. The Labute approximate surface area is 207 Å². The zero-order chi connectivity index (χ0) is 25.0. The van der Waals surface area contributed by atoms with Crippen molar-refractivity contribution in [3.8, 4) is 22.8 Å². The highest BCUT2D eigenvalue weighted by Gasteiger charge is 2.17. The topological polar surface area (TPSA) is 130 Å². The Kier molecular flexibility index (Phi) is 6.44.